The smallest absolute Gasteiger partial charge is 0.257 e. The lowest BCUT2D eigenvalue weighted by Gasteiger charge is -2.40. The van der Waals surface area contributed by atoms with Crippen LogP contribution in [-0.4, -0.2) is 68.1 Å². The number of ether oxygens (including phenoxy) is 3. The van der Waals surface area contributed by atoms with E-state index in [-0.39, 0.29) is 5.91 Å². The third-order valence-electron chi connectivity index (χ3n) is 7.00. The van der Waals surface area contributed by atoms with E-state index in [0.717, 1.165) is 74.2 Å². The Kier molecular flexibility index (Phi) is 5.48. The molecule has 7 heteroatoms. The van der Waals surface area contributed by atoms with Gasteiger partial charge in [-0.1, -0.05) is 6.92 Å². The van der Waals surface area contributed by atoms with Gasteiger partial charge in [0.15, 0.2) is 5.79 Å². The fourth-order valence-corrected chi connectivity index (χ4v) is 5.02. The number of hydrogen-bond donors (Lipinski definition) is 0. The van der Waals surface area contributed by atoms with Crippen molar-refractivity contribution in [3.8, 4) is 5.75 Å². The highest BCUT2D eigenvalue weighted by molar-refractivity contribution is 6.07. The van der Waals surface area contributed by atoms with Gasteiger partial charge < -0.3 is 24.0 Å². The molecule has 1 aromatic heterocycles. The van der Waals surface area contributed by atoms with Crippen molar-refractivity contribution in [1.29, 1.82) is 0 Å². The number of rotatable bonds is 3. The number of fused-ring (bicyclic) bond motifs is 1. The van der Waals surface area contributed by atoms with E-state index in [9.17, 15) is 4.79 Å². The molecule has 3 saturated heterocycles. The number of pyridine rings is 1. The number of carbonyl (C=O) groups is 1. The fraction of sp³-hybridized carbons (Fsp3) is 0.583. The topological polar surface area (TPSA) is 64.1 Å². The third-order valence-corrected chi connectivity index (χ3v) is 7.00. The molecule has 1 spiro atoms. The molecule has 3 aliphatic rings. The molecule has 7 nitrogen and oxygen atoms in total. The van der Waals surface area contributed by atoms with Gasteiger partial charge in [-0.2, -0.15) is 0 Å². The second kappa shape index (κ2) is 8.28. The zero-order valence-electron chi connectivity index (χ0n) is 18.4. The molecule has 0 aliphatic carbocycles. The first kappa shape index (κ1) is 20.5. The van der Waals surface area contributed by atoms with Crippen LogP contribution < -0.4 is 9.64 Å². The van der Waals surface area contributed by atoms with Gasteiger partial charge in [-0.3, -0.25) is 9.78 Å². The van der Waals surface area contributed by atoms with Crippen molar-refractivity contribution >= 4 is 22.5 Å². The predicted molar refractivity (Wildman–Crippen MR) is 119 cm³/mol. The summed E-state index contributed by atoms with van der Waals surface area (Å²) in [7, 11) is 1.66. The maximum Gasteiger partial charge on any atom is 0.257 e. The van der Waals surface area contributed by atoms with E-state index in [1.54, 1.807) is 13.3 Å². The van der Waals surface area contributed by atoms with E-state index in [4.69, 9.17) is 14.2 Å². The lowest BCUT2D eigenvalue weighted by molar-refractivity contribution is -0.169. The van der Waals surface area contributed by atoms with Gasteiger partial charge in [-0.05, 0) is 37.0 Å². The average molecular weight is 426 g/mol. The summed E-state index contributed by atoms with van der Waals surface area (Å²) in [5, 5.41) is 0.958. The molecular weight excluding hydrogens is 394 g/mol. The average Bonchev–Trinajstić information content (AvgIpc) is 3.26. The third kappa shape index (κ3) is 3.85. The molecule has 1 amide bonds. The number of methoxy groups -OCH3 is 1. The minimum atomic E-state index is -0.454. The summed E-state index contributed by atoms with van der Waals surface area (Å²) < 4.78 is 17.3. The maximum absolute atomic E-state index is 13.6. The van der Waals surface area contributed by atoms with Crippen molar-refractivity contribution in [2.24, 2.45) is 5.92 Å². The number of anilines is 1. The van der Waals surface area contributed by atoms with Crippen LogP contribution in [0.15, 0.2) is 24.4 Å². The van der Waals surface area contributed by atoms with Crippen LogP contribution in [0.3, 0.4) is 0 Å². The molecule has 166 valence electrons. The standard InChI is InChI=1S/C24H31N3O4/c1-17-5-9-27(10-6-17)23(28)20-16-25-21-4-3-18(29-2)15-19(21)22(20)26-11-7-24(8-12-26)30-13-14-31-24/h3-4,15-17H,5-14H2,1-2H3. The van der Waals surface area contributed by atoms with Gasteiger partial charge in [0.1, 0.15) is 5.75 Å². The highest BCUT2D eigenvalue weighted by atomic mass is 16.7. The summed E-state index contributed by atoms with van der Waals surface area (Å²) in [6.07, 6.45) is 5.44. The van der Waals surface area contributed by atoms with E-state index in [2.05, 4.69) is 16.8 Å². The second-order valence-corrected chi connectivity index (χ2v) is 8.97. The van der Waals surface area contributed by atoms with Crippen molar-refractivity contribution < 1.29 is 19.0 Å². The number of nitrogens with zero attached hydrogens (tertiary/aromatic N) is 3. The Bertz CT molecular complexity index is 955. The van der Waals surface area contributed by atoms with E-state index >= 15 is 0 Å². The van der Waals surface area contributed by atoms with Crippen molar-refractivity contribution in [2.45, 2.75) is 38.4 Å². The Hall–Kier alpha value is -2.38. The van der Waals surface area contributed by atoms with Gasteiger partial charge in [-0.25, -0.2) is 0 Å². The van der Waals surface area contributed by atoms with Gasteiger partial charge in [0.05, 0.1) is 37.1 Å². The minimum Gasteiger partial charge on any atom is -0.497 e. The van der Waals surface area contributed by atoms with Gasteiger partial charge in [0, 0.05) is 50.6 Å². The quantitative estimate of drug-likeness (QED) is 0.751. The van der Waals surface area contributed by atoms with Crippen molar-refractivity contribution in [1.82, 2.24) is 9.88 Å². The van der Waals surface area contributed by atoms with Crippen molar-refractivity contribution in [3.05, 3.63) is 30.0 Å². The minimum absolute atomic E-state index is 0.0766. The number of hydrogen-bond acceptors (Lipinski definition) is 6. The molecule has 0 unspecified atom stereocenters. The molecule has 1 aromatic carbocycles. The predicted octanol–water partition coefficient (Wildman–Crippen LogP) is 3.46. The molecule has 0 atom stereocenters. The summed E-state index contributed by atoms with van der Waals surface area (Å²) in [5.74, 6) is 1.06. The molecule has 0 radical (unpaired) electrons. The summed E-state index contributed by atoms with van der Waals surface area (Å²) in [4.78, 5) is 22.5. The molecule has 4 heterocycles. The Labute approximate surface area is 183 Å². The first-order valence-corrected chi connectivity index (χ1v) is 11.4. The number of likely N-dealkylation sites (tertiary alicyclic amines) is 1. The van der Waals surface area contributed by atoms with Crippen LogP contribution in [0.4, 0.5) is 5.69 Å². The molecule has 3 fully saturated rings. The molecule has 5 rings (SSSR count). The molecule has 31 heavy (non-hydrogen) atoms. The highest BCUT2D eigenvalue weighted by Gasteiger charge is 2.41. The van der Waals surface area contributed by atoms with Crippen molar-refractivity contribution in [3.63, 3.8) is 0 Å². The molecule has 0 saturated carbocycles. The fourth-order valence-electron chi connectivity index (χ4n) is 5.02. The van der Waals surface area contributed by atoms with Gasteiger partial charge >= 0.3 is 0 Å². The Morgan fingerprint density at radius 3 is 2.52 bits per heavy atom. The lowest BCUT2D eigenvalue weighted by atomic mass is 9.97. The number of benzene rings is 1. The van der Waals surface area contributed by atoms with E-state index in [1.807, 2.05) is 23.1 Å². The zero-order valence-corrected chi connectivity index (χ0v) is 18.4. The number of piperidine rings is 2. The van der Waals surface area contributed by atoms with E-state index in [0.29, 0.717) is 24.7 Å². The van der Waals surface area contributed by atoms with Gasteiger partial charge in [-0.15, -0.1) is 0 Å². The summed E-state index contributed by atoms with van der Waals surface area (Å²) in [6.45, 7) is 6.73. The largest absolute Gasteiger partial charge is 0.497 e. The second-order valence-electron chi connectivity index (χ2n) is 8.97. The van der Waals surface area contributed by atoms with Crippen LogP contribution >= 0.6 is 0 Å². The monoisotopic (exact) mass is 425 g/mol. The van der Waals surface area contributed by atoms with Crippen LogP contribution in [0, 0.1) is 5.92 Å². The van der Waals surface area contributed by atoms with Crippen LogP contribution in [0.2, 0.25) is 0 Å². The number of aromatic nitrogens is 1. The maximum atomic E-state index is 13.6. The zero-order chi connectivity index (χ0) is 21.4. The van der Waals surface area contributed by atoms with E-state index in [1.165, 1.54) is 0 Å². The Morgan fingerprint density at radius 2 is 1.84 bits per heavy atom. The summed E-state index contributed by atoms with van der Waals surface area (Å²) >= 11 is 0. The summed E-state index contributed by atoms with van der Waals surface area (Å²) in [6, 6.07) is 5.88. The van der Waals surface area contributed by atoms with Crippen LogP contribution in [-0.2, 0) is 9.47 Å². The van der Waals surface area contributed by atoms with Gasteiger partial charge in [0.2, 0.25) is 0 Å². The van der Waals surface area contributed by atoms with Gasteiger partial charge in [0.25, 0.3) is 5.91 Å². The number of carbonyl (C=O) groups excluding carboxylic acids is 1. The Morgan fingerprint density at radius 1 is 1.13 bits per heavy atom. The SMILES string of the molecule is COc1ccc2ncc(C(=O)N3CCC(C)CC3)c(N3CCC4(CC3)OCCO4)c2c1. The van der Waals surface area contributed by atoms with Crippen molar-refractivity contribution in [2.75, 3.05) is 51.4 Å². The molecule has 0 N–H and O–H groups in total. The van der Waals surface area contributed by atoms with Crippen LogP contribution in [0.25, 0.3) is 10.9 Å². The normalized spacial score (nSPS) is 21.7. The first-order valence-electron chi connectivity index (χ1n) is 11.4. The van der Waals surface area contributed by atoms with Crippen LogP contribution in [0.5, 0.6) is 5.75 Å². The molecule has 2 aromatic rings. The molecule has 3 aliphatic heterocycles. The molecular formula is C24H31N3O4. The Balaban J connectivity index is 1.53. The van der Waals surface area contributed by atoms with Crippen LogP contribution in [0.1, 0.15) is 43.0 Å². The lowest BCUT2D eigenvalue weighted by Crippen LogP contribution is -2.46. The summed E-state index contributed by atoms with van der Waals surface area (Å²) in [5.41, 5.74) is 2.51. The molecule has 0 bridgehead atoms. The number of amides is 1. The highest BCUT2D eigenvalue weighted by Crippen LogP contribution is 2.38. The first-order chi connectivity index (χ1) is 15.1. The van der Waals surface area contributed by atoms with E-state index < -0.39 is 5.79 Å².